The Morgan fingerprint density at radius 1 is 1.29 bits per heavy atom. The fourth-order valence-electron chi connectivity index (χ4n) is 2.67. The number of rotatable bonds is 1. The van der Waals surface area contributed by atoms with Gasteiger partial charge in [0.1, 0.15) is 0 Å². The van der Waals surface area contributed by atoms with Gasteiger partial charge in [-0.1, -0.05) is 18.2 Å². The molecule has 1 aromatic rings. The molecule has 0 amide bonds. The third-order valence-corrected chi connectivity index (χ3v) is 3.47. The number of nitrogens with one attached hydrogen (secondary N) is 2. The molecule has 1 aliphatic heterocycles. The summed E-state index contributed by atoms with van der Waals surface area (Å²) < 4.78 is 4.25. The first-order chi connectivity index (χ1) is 10.3. The fourth-order valence-corrected chi connectivity index (χ4v) is 2.67. The fraction of sp³-hybridized carbons (Fsp3) is 0.500. The Labute approximate surface area is 126 Å². The number of aliphatic hydroxyl groups excluding tert-OH is 1. The second-order valence-electron chi connectivity index (χ2n) is 4.80. The van der Waals surface area contributed by atoms with Crippen molar-refractivity contribution in [3.63, 3.8) is 0 Å². The number of hydrogen-bond acceptors (Lipinski definition) is 4. The summed E-state index contributed by atoms with van der Waals surface area (Å²) >= 11 is 0. The molecule has 0 saturated carbocycles. The molecule has 1 unspecified atom stereocenters. The van der Waals surface area contributed by atoms with Crippen LogP contribution in [-0.4, -0.2) is 44.5 Å². The van der Waals surface area contributed by atoms with E-state index < -0.39 is 0 Å². The number of hydrogen-bond donors (Lipinski definition) is 4. The van der Waals surface area contributed by atoms with Crippen molar-refractivity contribution in [1.29, 1.82) is 0 Å². The van der Waals surface area contributed by atoms with Crippen molar-refractivity contribution in [1.82, 2.24) is 10.3 Å². The zero-order valence-corrected chi connectivity index (χ0v) is 13.1. The molecule has 3 rings (SSSR count). The highest BCUT2D eigenvalue weighted by Crippen LogP contribution is 2.29. The first kappa shape index (κ1) is 17.7. The lowest BCUT2D eigenvalue weighted by Crippen LogP contribution is -2.34. The Bertz CT molecular complexity index is 478. The van der Waals surface area contributed by atoms with Crippen LogP contribution in [0.3, 0.4) is 0 Å². The molecule has 5 heteroatoms. The van der Waals surface area contributed by atoms with Gasteiger partial charge < -0.3 is 25.9 Å². The second kappa shape index (κ2) is 9.52. The Kier molecular flexibility index (Phi) is 8.00. The summed E-state index contributed by atoms with van der Waals surface area (Å²) in [6.45, 7) is 1.69. The number of aromatic amines is 1. The van der Waals surface area contributed by atoms with Gasteiger partial charge in [0.15, 0.2) is 0 Å². The van der Waals surface area contributed by atoms with Gasteiger partial charge in [-0.2, -0.15) is 0 Å². The smallest absolute Gasteiger partial charge is 0.0600 e. The molecule has 0 saturated heterocycles. The van der Waals surface area contributed by atoms with Crippen molar-refractivity contribution in [2.45, 2.75) is 18.9 Å². The predicted molar refractivity (Wildman–Crippen MR) is 87.2 cm³/mol. The number of aliphatic hydroxyl groups is 1. The standard InChI is InChI=1S/C13H17N3.C2H6O.CH4O/c14-8-12-13-10(6-7-15-12)9-4-2-1-3-5-11(9)16-13;1-3-2;1-2/h1-3,5,12,15-16H,4,6-8,14H2;1-2H3;2H,1H3. The molecule has 1 atom stereocenters. The van der Waals surface area contributed by atoms with Gasteiger partial charge in [-0.05, 0) is 36.6 Å². The maximum absolute atomic E-state index is 7.00. The van der Waals surface area contributed by atoms with E-state index in [1.165, 1.54) is 22.5 Å². The Morgan fingerprint density at radius 3 is 2.67 bits per heavy atom. The van der Waals surface area contributed by atoms with E-state index in [0.717, 1.165) is 26.5 Å². The number of nitrogens with two attached hydrogens (primary N) is 1. The van der Waals surface area contributed by atoms with Gasteiger partial charge in [-0.15, -0.1) is 0 Å². The average Bonchev–Trinajstić information content (AvgIpc) is 2.71. The van der Waals surface area contributed by atoms with Crippen LogP contribution in [0.2, 0.25) is 0 Å². The van der Waals surface area contributed by atoms with Gasteiger partial charge in [0.25, 0.3) is 0 Å². The van der Waals surface area contributed by atoms with Crippen molar-refractivity contribution in [2.75, 3.05) is 34.4 Å². The Balaban J connectivity index is 0.000000395. The molecule has 0 bridgehead atoms. The van der Waals surface area contributed by atoms with Gasteiger partial charge in [-0.3, -0.25) is 0 Å². The number of fused-ring (bicyclic) bond motifs is 3. The summed E-state index contributed by atoms with van der Waals surface area (Å²) in [6.07, 6.45) is 10.7. The van der Waals surface area contributed by atoms with Crippen LogP contribution in [-0.2, 0) is 17.6 Å². The lowest BCUT2D eigenvalue weighted by Gasteiger charge is -2.23. The summed E-state index contributed by atoms with van der Waals surface area (Å²) in [5.74, 6) is 0. The van der Waals surface area contributed by atoms with Crippen LogP contribution >= 0.6 is 0 Å². The highest BCUT2D eigenvalue weighted by atomic mass is 16.4. The average molecular weight is 293 g/mol. The molecular weight excluding hydrogens is 266 g/mol. The molecule has 118 valence electrons. The van der Waals surface area contributed by atoms with Crippen LogP contribution in [0.15, 0.2) is 18.2 Å². The van der Waals surface area contributed by atoms with Crippen molar-refractivity contribution in [3.8, 4) is 0 Å². The first-order valence-corrected chi connectivity index (χ1v) is 7.17. The second-order valence-corrected chi connectivity index (χ2v) is 4.80. The van der Waals surface area contributed by atoms with E-state index in [1.807, 2.05) is 0 Å². The molecule has 0 spiro atoms. The largest absolute Gasteiger partial charge is 0.400 e. The number of H-pyrrole nitrogens is 1. The van der Waals surface area contributed by atoms with Gasteiger partial charge in [0.2, 0.25) is 0 Å². The highest BCUT2D eigenvalue weighted by molar-refractivity contribution is 5.59. The molecule has 0 radical (unpaired) electrons. The van der Waals surface area contributed by atoms with E-state index in [4.69, 9.17) is 10.8 Å². The van der Waals surface area contributed by atoms with Crippen LogP contribution in [0.25, 0.3) is 6.08 Å². The minimum absolute atomic E-state index is 0.299. The van der Waals surface area contributed by atoms with Crippen LogP contribution in [0.4, 0.5) is 0 Å². The quantitative estimate of drug-likeness (QED) is 0.626. The summed E-state index contributed by atoms with van der Waals surface area (Å²) in [5, 5.41) is 10.5. The van der Waals surface area contributed by atoms with Crippen LogP contribution in [0, 0.1) is 0 Å². The lowest BCUT2D eigenvalue weighted by molar-refractivity contribution is 0.277. The molecule has 21 heavy (non-hydrogen) atoms. The molecule has 5 nitrogen and oxygen atoms in total. The van der Waals surface area contributed by atoms with Crippen molar-refractivity contribution in [3.05, 3.63) is 40.7 Å². The van der Waals surface area contributed by atoms with Gasteiger partial charge in [0.05, 0.1) is 6.04 Å². The SMILES string of the molecule is CO.COC.NCC1NCCc2c1[nH]c1c2CC=CC=C1. The topological polar surface area (TPSA) is 83.3 Å². The molecule has 1 aliphatic carbocycles. The van der Waals surface area contributed by atoms with Crippen LogP contribution < -0.4 is 11.1 Å². The highest BCUT2D eigenvalue weighted by Gasteiger charge is 2.24. The van der Waals surface area contributed by atoms with E-state index in [2.05, 4.69) is 39.3 Å². The maximum atomic E-state index is 7.00. The number of allylic oxidation sites excluding steroid dienone is 3. The normalized spacial score (nSPS) is 18.4. The molecule has 2 aliphatic rings. The van der Waals surface area contributed by atoms with E-state index in [9.17, 15) is 0 Å². The Morgan fingerprint density at radius 2 is 2.00 bits per heavy atom. The first-order valence-electron chi connectivity index (χ1n) is 7.17. The maximum Gasteiger partial charge on any atom is 0.0600 e. The number of methoxy groups -OCH3 is 1. The van der Waals surface area contributed by atoms with Crippen molar-refractivity contribution in [2.24, 2.45) is 5.73 Å². The monoisotopic (exact) mass is 293 g/mol. The summed E-state index contributed by atoms with van der Waals surface area (Å²) in [7, 11) is 4.25. The van der Waals surface area contributed by atoms with Crippen LogP contribution in [0.5, 0.6) is 0 Å². The number of aromatic nitrogens is 1. The summed E-state index contributed by atoms with van der Waals surface area (Å²) in [6, 6.07) is 0.299. The van der Waals surface area contributed by atoms with E-state index in [1.54, 1.807) is 14.2 Å². The molecule has 0 aromatic carbocycles. The third kappa shape index (κ3) is 4.28. The van der Waals surface area contributed by atoms with E-state index in [-0.39, 0.29) is 0 Å². The lowest BCUT2D eigenvalue weighted by atomic mass is 9.96. The zero-order valence-electron chi connectivity index (χ0n) is 13.1. The van der Waals surface area contributed by atoms with Crippen molar-refractivity contribution < 1.29 is 9.84 Å². The van der Waals surface area contributed by atoms with Gasteiger partial charge in [-0.25, -0.2) is 0 Å². The summed E-state index contributed by atoms with van der Waals surface area (Å²) in [4.78, 5) is 3.53. The Hall–Kier alpha value is -1.40. The molecule has 0 fully saturated rings. The zero-order chi connectivity index (χ0) is 15.7. The molecular formula is C16H27N3O2. The van der Waals surface area contributed by atoms with E-state index in [0.29, 0.717) is 12.6 Å². The summed E-state index contributed by atoms with van der Waals surface area (Å²) in [5.41, 5.74) is 11.3. The van der Waals surface area contributed by atoms with Crippen molar-refractivity contribution >= 4 is 6.08 Å². The molecule has 1 aromatic heterocycles. The number of ether oxygens (including phenoxy) is 1. The van der Waals surface area contributed by atoms with Gasteiger partial charge in [0, 0.05) is 39.3 Å². The predicted octanol–water partition coefficient (Wildman–Crippen LogP) is 1.16. The minimum Gasteiger partial charge on any atom is -0.400 e. The minimum atomic E-state index is 0.299. The van der Waals surface area contributed by atoms with Gasteiger partial charge >= 0.3 is 0 Å². The molecule has 2 heterocycles. The van der Waals surface area contributed by atoms with E-state index >= 15 is 0 Å². The van der Waals surface area contributed by atoms with Crippen LogP contribution in [0.1, 0.15) is 28.6 Å². The molecule has 5 N–H and O–H groups in total. The third-order valence-electron chi connectivity index (χ3n) is 3.47.